The minimum atomic E-state index is -0.149. The van der Waals surface area contributed by atoms with Gasteiger partial charge in [0.1, 0.15) is 0 Å². The van der Waals surface area contributed by atoms with E-state index < -0.39 is 0 Å². The zero-order valence-electron chi connectivity index (χ0n) is 12.8. The molecule has 116 valence electrons. The molecule has 1 aliphatic heterocycles. The minimum Gasteiger partial charge on any atom is -0.327 e. The molecule has 2 atom stereocenters. The number of thiazole rings is 1. The van der Waals surface area contributed by atoms with Crippen LogP contribution in [0.1, 0.15) is 38.0 Å². The summed E-state index contributed by atoms with van der Waals surface area (Å²) < 4.78 is 0. The molecule has 21 heavy (non-hydrogen) atoms. The third-order valence-electron chi connectivity index (χ3n) is 4.76. The van der Waals surface area contributed by atoms with Crippen molar-refractivity contribution < 1.29 is 4.79 Å². The standard InChI is InChI=1S/C15H24N4OS/c1-10-8-19(6-3-12(10)16)9-11-7-17-14(21-11)18-13(20)15(2)4-5-15/h7,10,12H,3-6,8-9,16H2,1-2H3,(H,17,18,20). The van der Waals surface area contributed by atoms with Crippen LogP contribution in [0.5, 0.6) is 0 Å². The number of hydrogen-bond donors (Lipinski definition) is 2. The normalized spacial score (nSPS) is 28.3. The summed E-state index contributed by atoms with van der Waals surface area (Å²) in [6.07, 6.45) is 4.92. The van der Waals surface area contributed by atoms with E-state index >= 15 is 0 Å². The van der Waals surface area contributed by atoms with Crippen molar-refractivity contribution >= 4 is 22.4 Å². The molecule has 0 radical (unpaired) electrons. The molecule has 1 amide bonds. The summed E-state index contributed by atoms with van der Waals surface area (Å²) in [5, 5.41) is 3.67. The van der Waals surface area contributed by atoms with Crippen LogP contribution in [-0.4, -0.2) is 34.9 Å². The molecular formula is C15H24N4OS. The van der Waals surface area contributed by atoms with Crippen LogP contribution in [0.25, 0.3) is 0 Å². The first-order chi connectivity index (χ1) is 9.96. The number of amides is 1. The number of carbonyl (C=O) groups excluding carboxylic acids is 1. The molecule has 1 aromatic rings. The van der Waals surface area contributed by atoms with Crippen molar-refractivity contribution in [2.75, 3.05) is 18.4 Å². The first-order valence-corrected chi connectivity index (χ1v) is 8.52. The van der Waals surface area contributed by atoms with Gasteiger partial charge in [-0.25, -0.2) is 4.98 Å². The van der Waals surface area contributed by atoms with Crippen molar-refractivity contribution in [1.29, 1.82) is 0 Å². The van der Waals surface area contributed by atoms with Gasteiger partial charge in [0.2, 0.25) is 5.91 Å². The second-order valence-corrected chi connectivity index (χ2v) is 7.93. The van der Waals surface area contributed by atoms with Crippen LogP contribution in [0.4, 0.5) is 5.13 Å². The number of rotatable bonds is 4. The third-order valence-corrected chi connectivity index (χ3v) is 5.65. The predicted octanol–water partition coefficient (Wildman–Crippen LogP) is 2.05. The number of carbonyl (C=O) groups is 1. The lowest BCUT2D eigenvalue weighted by Gasteiger charge is -2.34. The lowest BCUT2D eigenvalue weighted by Crippen LogP contribution is -2.45. The van der Waals surface area contributed by atoms with Gasteiger partial charge in [-0.1, -0.05) is 13.8 Å². The molecule has 3 rings (SSSR count). The van der Waals surface area contributed by atoms with Crippen LogP contribution in [0.3, 0.4) is 0 Å². The van der Waals surface area contributed by atoms with Crippen LogP contribution in [0.15, 0.2) is 6.20 Å². The van der Waals surface area contributed by atoms with Crippen molar-refractivity contribution in [1.82, 2.24) is 9.88 Å². The van der Waals surface area contributed by atoms with Gasteiger partial charge in [-0.3, -0.25) is 9.69 Å². The molecular weight excluding hydrogens is 284 g/mol. The Kier molecular flexibility index (Phi) is 4.03. The highest BCUT2D eigenvalue weighted by Gasteiger charge is 2.45. The van der Waals surface area contributed by atoms with Crippen molar-refractivity contribution in [2.45, 2.75) is 45.7 Å². The molecule has 5 nitrogen and oxygen atoms in total. The summed E-state index contributed by atoms with van der Waals surface area (Å²) in [5.41, 5.74) is 5.91. The average molecular weight is 308 g/mol. The van der Waals surface area contributed by atoms with Crippen molar-refractivity contribution in [3.63, 3.8) is 0 Å². The maximum Gasteiger partial charge on any atom is 0.232 e. The molecule has 2 aliphatic rings. The highest BCUT2D eigenvalue weighted by molar-refractivity contribution is 7.15. The molecule has 1 saturated carbocycles. The van der Waals surface area contributed by atoms with Gasteiger partial charge in [-0.15, -0.1) is 11.3 Å². The Bertz CT molecular complexity index is 525. The molecule has 2 fully saturated rings. The van der Waals surface area contributed by atoms with E-state index in [0.717, 1.165) is 44.0 Å². The van der Waals surface area contributed by atoms with Crippen molar-refractivity contribution in [3.8, 4) is 0 Å². The maximum absolute atomic E-state index is 12.0. The molecule has 1 aromatic heterocycles. The second kappa shape index (κ2) is 5.66. The summed E-state index contributed by atoms with van der Waals surface area (Å²) in [5.74, 6) is 0.654. The monoisotopic (exact) mass is 308 g/mol. The molecule has 0 spiro atoms. The van der Waals surface area contributed by atoms with E-state index in [1.54, 1.807) is 11.3 Å². The number of likely N-dealkylation sites (tertiary alicyclic amines) is 1. The Morgan fingerprint density at radius 1 is 1.62 bits per heavy atom. The van der Waals surface area contributed by atoms with E-state index in [1.807, 2.05) is 13.1 Å². The first-order valence-electron chi connectivity index (χ1n) is 7.70. The van der Waals surface area contributed by atoms with E-state index in [2.05, 4.69) is 22.1 Å². The van der Waals surface area contributed by atoms with Gasteiger partial charge in [0.05, 0.1) is 0 Å². The summed E-state index contributed by atoms with van der Waals surface area (Å²) >= 11 is 1.58. The van der Waals surface area contributed by atoms with Gasteiger partial charge in [-0.05, 0) is 25.2 Å². The maximum atomic E-state index is 12.0. The van der Waals surface area contributed by atoms with E-state index in [-0.39, 0.29) is 11.3 Å². The van der Waals surface area contributed by atoms with Crippen LogP contribution in [0, 0.1) is 11.3 Å². The molecule has 1 saturated heterocycles. The average Bonchev–Trinajstić information content (AvgIpc) is 3.05. The number of anilines is 1. The van der Waals surface area contributed by atoms with Crippen molar-refractivity contribution in [3.05, 3.63) is 11.1 Å². The molecule has 3 N–H and O–H groups in total. The Balaban J connectivity index is 1.54. The summed E-state index contributed by atoms with van der Waals surface area (Å²) in [6, 6.07) is 0.330. The highest BCUT2D eigenvalue weighted by Crippen LogP contribution is 2.45. The number of hydrogen-bond acceptors (Lipinski definition) is 5. The summed E-state index contributed by atoms with van der Waals surface area (Å²) in [6.45, 7) is 7.21. The topological polar surface area (TPSA) is 71.2 Å². The Morgan fingerprint density at radius 2 is 2.38 bits per heavy atom. The minimum absolute atomic E-state index is 0.112. The Labute approximate surface area is 129 Å². The number of nitrogens with two attached hydrogens (primary N) is 1. The Hall–Kier alpha value is -0.980. The van der Waals surface area contributed by atoms with Crippen LogP contribution < -0.4 is 11.1 Å². The molecule has 0 bridgehead atoms. The SMILES string of the molecule is CC1CN(Cc2cnc(NC(=O)C3(C)CC3)s2)CCC1N. The van der Waals surface area contributed by atoms with Gasteiger partial charge in [0.15, 0.2) is 5.13 Å². The Morgan fingerprint density at radius 3 is 3.05 bits per heavy atom. The van der Waals surface area contributed by atoms with Gasteiger partial charge in [0.25, 0.3) is 0 Å². The smallest absolute Gasteiger partial charge is 0.232 e. The lowest BCUT2D eigenvalue weighted by molar-refractivity contribution is -0.120. The second-order valence-electron chi connectivity index (χ2n) is 6.81. The largest absolute Gasteiger partial charge is 0.327 e. The fourth-order valence-electron chi connectivity index (χ4n) is 2.72. The van der Waals surface area contributed by atoms with Gasteiger partial charge in [0, 0.05) is 42.2 Å². The van der Waals surface area contributed by atoms with Crippen molar-refractivity contribution in [2.24, 2.45) is 17.1 Å². The fourth-order valence-corrected chi connectivity index (χ4v) is 3.57. The fraction of sp³-hybridized carbons (Fsp3) is 0.733. The van der Waals surface area contributed by atoms with E-state index in [9.17, 15) is 4.79 Å². The van der Waals surface area contributed by atoms with E-state index in [0.29, 0.717) is 12.0 Å². The summed E-state index contributed by atoms with van der Waals surface area (Å²) in [7, 11) is 0. The molecule has 1 aliphatic carbocycles. The van der Waals surface area contributed by atoms with E-state index in [1.165, 1.54) is 4.88 Å². The van der Waals surface area contributed by atoms with E-state index in [4.69, 9.17) is 5.73 Å². The quantitative estimate of drug-likeness (QED) is 0.893. The number of aromatic nitrogens is 1. The third kappa shape index (κ3) is 3.44. The molecule has 2 unspecified atom stereocenters. The van der Waals surface area contributed by atoms with Gasteiger partial charge >= 0.3 is 0 Å². The zero-order valence-corrected chi connectivity index (χ0v) is 13.6. The molecule has 2 heterocycles. The number of piperidine rings is 1. The molecule has 6 heteroatoms. The zero-order chi connectivity index (χ0) is 15.0. The first kappa shape index (κ1) is 14.9. The van der Waals surface area contributed by atoms with Crippen LogP contribution >= 0.6 is 11.3 Å². The lowest BCUT2D eigenvalue weighted by atomic mass is 9.95. The van der Waals surface area contributed by atoms with Gasteiger partial charge in [-0.2, -0.15) is 0 Å². The number of nitrogens with zero attached hydrogens (tertiary/aromatic N) is 2. The highest BCUT2D eigenvalue weighted by atomic mass is 32.1. The van der Waals surface area contributed by atoms with Crippen LogP contribution in [-0.2, 0) is 11.3 Å². The summed E-state index contributed by atoms with van der Waals surface area (Å²) in [4.78, 5) is 20.0. The van der Waals surface area contributed by atoms with Crippen LogP contribution in [0.2, 0.25) is 0 Å². The predicted molar refractivity (Wildman–Crippen MR) is 85.1 cm³/mol. The van der Waals surface area contributed by atoms with Gasteiger partial charge < -0.3 is 11.1 Å². The molecule has 0 aromatic carbocycles. The number of nitrogens with one attached hydrogen (secondary N) is 1.